The number of aromatic nitrogens is 8. The van der Waals surface area contributed by atoms with Crippen LogP contribution in [0.4, 0.5) is 118 Å². The summed E-state index contributed by atoms with van der Waals surface area (Å²) >= 11 is 0. The van der Waals surface area contributed by atoms with Gasteiger partial charge in [0.25, 0.3) is 0 Å². The number of terminal acetylenes is 2. The SMILES string of the molecule is C#CCOc1cccc(Nc2ncc(C)c(Nc3cccc(C(=O)C=C(C)C)c3)n2)c1.C#CCOc1cccc(Nc2ncc(C)c(Nc3cccc(NC(=O)/C=C/CN(C)C)c3)n2)c1.C=CC(=O)Nc1cccc(Nc2nc(Nc3ccc(OCC(C)(C)O)cc3)ncc2F)c1.C=CC(=O)Nc1cccc(Nc2nc(Nc3cccc(OCC4CCCN(C)C4)c3)ncc2F)c1. The van der Waals surface area contributed by atoms with Gasteiger partial charge in [0.05, 0.1) is 24.6 Å². The maximum absolute atomic E-state index is 14.4. The molecule has 0 aliphatic carbocycles. The number of amides is 3. The molecule has 0 saturated carbocycles. The number of ether oxygens (including phenoxy) is 4. The van der Waals surface area contributed by atoms with Crippen LogP contribution in [0.25, 0.3) is 0 Å². The number of piperidine rings is 1. The summed E-state index contributed by atoms with van der Waals surface area (Å²) in [5.74, 6) is 8.48. The van der Waals surface area contributed by atoms with Crippen LogP contribution in [0, 0.1) is 56.1 Å². The van der Waals surface area contributed by atoms with Crippen LogP contribution in [0.5, 0.6) is 23.0 Å². The molecule has 132 heavy (non-hydrogen) atoms. The number of rotatable bonds is 36. The fourth-order valence-corrected chi connectivity index (χ4v) is 12.2. The van der Waals surface area contributed by atoms with E-state index in [2.05, 4.69) is 135 Å². The lowest BCUT2D eigenvalue weighted by Gasteiger charge is -2.29. The zero-order chi connectivity index (χ0) is 94.3. The monoisotopic (exact) mass is 1780 g/mol. The molecule has 5 heterocycles. The molecular formula is C100H105F2N21O9. The maximum Gasteiger partial charge on any atom is 0.248 e. The molecule has 1 aliphatic rings. The minimum atomic E-state index is -0.932. The van der Waals surface area contributed by atoms with Gasteiger partial charge < -0.3 is 92.3 Å². The fraction of sp³-hybridized carbons (Fsp3) is 0.200. The highest BCUT2D eigenvalue weighted by atomic mass is 19.1. The van der Waals surface area contributed by atoms with Crippen molar-refractivity contribution in [2.75, 3.05) is 126 Å². The Kier molecular flexibility index (Phi) is 36.8. The van der Waals surface area contributed by atoms with Crippen molar-refractivity contribution in [3.05, 3.63) is 296 Å². The number of nitrogens with zero attached hydrogens (tertiary/aromatic N) is 10. The largest absolute Gasteiger partial charge is 0.493 e. The van der Waals surface area contributed by atoms with E-state index in [4.69, 9.17) is 31.8 Å². The van der Waals surface area contributed by atoms with Crippen LogP contribution in [0.15, 0.2) is 268 Å². The van der Waals surface area contributed by atoms with Crippen LogP contribution < -0.4 is 77.4 Å². The predicted octanol–water partition coefficient (Wildman–Crippen LogP) is 19.1. The van der Waals surface area contributed by atoms with Gasteiger partial charge in [0.1, 0.15) is 54.5 Å². The lowest BCUT2D eigenvalue weighted by Crippen LogP contribution is -2.34. The lowest BCUT2D eigenvalue weighted by atomic mass is 10.00. The Bertz CT molecular complexity index is 6110. The average molecular weight is 1780 g/mol. The van der Waals surface area contributed by atoms with Crippen molar-refractivity contribution in [3.8, 4) is 47.7 Å². The van der Waals surface area contributed by atoms with E-state index in [1.54, 1.807) is 111 Å². The summed E-state index contributed by atoms with van der Waals surface area (Å²) in [6, 6.07) is 57.7. The first kappa shape index (κ1) is 97.8. The van der Waals surface area contributed by atoms with E-state index >= 15 is 0 Å². The molecular weight excluding hydrogens is 1680 g/mol. The smallest absolute Gasteiger partial charge is 0.248 e. The van der Waals surface area contributed by atoms with Crippen molar-refractivity contribution in [3.63, 3.8) is 0 Å². The first-order valence-electron chi connectivity index (χ1n) is 41.7. The first-order chi connectivity index (χ1) is 63.6. The zero-order valence-corrected chi connectivity index (χ0v) is 74.6. The molecule has 32 heteroatoms. The van der Waals surface area contributed by atoms with E-state index < -0.39 is 17.2 Å². The molecule has 30 nitrogen and oxygen atoms in total. The molecule has 8 aromatic carbocycles. The number of likely N-dealkylation sites (tertiary alicyclic amines) is 1. The molecule has 678 valence electrons. The number of anilines is 19. The van der Waals surface area contributed by atoms with Crippen LogP contribution in [-0.4, -0.2) is 151 Å². The number of halogens is 2. The van der Waals surface area contributed by atoms with Crippen molar-refractivity contribution in [1.29, 1.82) is 0 Å². The minimum Gasteiger partial charge on any atom is -0.493 e. The topological polar surface area (TPSA) is 367 Å². The third-order valence-electron chi connectivity index (χ3n) is 18.4. The van der Waals surface area contributed by atoms with Gasteiger partial charge in [-0.1, -0.05) is 85.2 Å². The van der Waals surface area contributed by atoms with Gasteiger partial charge in [-0.3, -0.25) is 19.2 Å². The summed E-state index contributed by atoms with van der Waals surface area (Å²) in [6.07, 6.45) is 25.8. The maximum atomic E-state index is 14.4. The van der Waals surface area contributed by atoms with Gasteiger partial charge in [-0.2, -0.15) is 19.9 Å². The second-order valence-electron chi connectivity index (χ2n) is 31.0. The Morgan fingerprint density at radius 2 is 0.886 bits per heavy atom. The van der Waals surface area contributed by atoms with Gasteiger partial charge in [0, 0.05) is 135 Å². The number of hydrogen-bond acceptors (Lipinski definition) is 27. The van der Waals surface area contributed by atoms with Crippen LogP contribution in [0.3, 0.4) is 0 Å². The van der Waals surface area contributed by atoms with Crippen molar-refractivity contribution in [2.24, 2.45) is 5.92 Å². The number of ketones is 1. The molecule has 0 bridgehead atoms. The quantitative estimate of drug-likeness (QED) is 0.00986. The summed E-state index contributed by atoms with van der Waals surface area (Å²) in [4.78, 5) is 86.1. The van der Waals surface area contributed by atoms with Gasteiger partial charge >= 0.3 is 0 Å². The molecule has 3 amide bonds. The molecule has 12 N–H and O–H groups in total. The number of carbonyl (C=O) groups excluding carboxylic acids is 4. The molecule has 1 fully saturated rings. The van der Waals surface area contributed by atoms with Gasteiger partial charge in [-0.15, -0.1) is 12.8 Å². The van der Waals surface area contributed by atoms with Crippen LogP contribution in [0.2, 0.25) is 0 Å². The van der Waals surface area contributed by atoms with Gasteiger partial charge in [-0.05, 0) is 228 Å². The average Bonchev–Trinajstić information content (AvgIpc) is 0.840. The van der Waals surface area contributed by atoms with Crippen LogP contribution >= 0.6 is 0 Å². The van der Waals surface area contributed by atoms with E-state index in [9.17, 15) is 33.1 Å². The number of aryl methyl sites for hydroxylation is 2. The van der Waals surface area contributed by atoms with Crippen molar-refractivity contribution >= 4 is 133 Å². The van der Waals surface area contributed by atoms with E-state index in [1.807, 2.05) is 168 Å². The molecule has 0 radical (unpaired) electrons. The molecule has 1 aliphatic heterocycles. The molecule has 1 unspecified atom stereocenters. The Morgan fingerprint density at radius 3 is 1.31 bits per heavy atom. The highest BCUT2D eigenvalue weighted by molar-refractivity contribution is 6.05. The third-order valence-corrected chi connectivity index (χ3v) is 18.4. The van der Waals surface area contributed by atoms with Gasteiger partial charge in [-0.25, -0.2) is 28.7 Å². The predicted molar refractivity (Wildman–Crippen MR) is 519 cm³/mol. The standard InChI is InChI=1S/C26H29FN6O2.C26H28N6O2.C25H24N4O2.C23H24FN5O3/c1-3-24(34)29-19-8-4-9-20(13-19)30-25-23(27)15-28-26(32-25)31-21-10-5-11-22(14-21)35-17-18-7-6-12-33(2)16-18;1-5-15-34-23-12-7-11-22(17-23)30-26-27-18-19(2)25(31-26)29-21-10-6-9-20(16-21)28-24(33)13-8-14-32(3)4;1-5-12-31-22-11-7-10-21(15-22)28-25-26-16-18(4)24(29-25)27-20-9-6-8-19(14-20)23(30)13-17(2)3;1-4-20(30)26-16-6-5-7-17(12-16)27-21-19(24)13-25-22(29-21)28-15-8-10-18(11-9-15)32-14-23(2,3)31/h3-5,8-11,13-15,18H,1,6-7,12,16-17H2,2H3,(H,29,34)(H2,28,30,31,32);1,6-13,16-18H,14-15H2,2-4H3,(H,28,33)(H2,27,29,30,31);1,6-11,13-16H,12H2,2-4H3,(H2,26,27,28,29);4-13,31H,1,14H2,2-3H3,(H,26,30)(H2,25,27,28,29)/b;13-8+;;. The number of hydrogen-bond donors (Lipinski definition) is 12. The summed E-state index contributed by atoms with van der Waals surface area (Å²) in [5, 5.41) is 42.7. The zero-order valence-electron chi connectivity index (χ0n) is 74.6. The highest BCUT2D eigenvalue weighted by Gasteiger charge is 2.20. The van der Waals surface area contributed by atoms with Crippen molar-refractivity contribution in [2.45, 2.75) is 60.0 Å². The fourth-order valence-electron chi connectivity index (χ4n) is 12.2. The summed E-state index contributed by atoms with van der Waals surface area (Å²) < 4.78 is 51.1. The summed E-state index contributed by atoms with van der Waals surface area (Å²) in [5.41, 5.74) is 9.73. The van der Waals surface area contributed by atoms with Crippen molar-refractivity contribution < 1.29 is 52.0 Å². The number of likely N-dealkylation sites (N-methyl/N-ethyl adjacent to an activating group) is 1. The van der Waals surface area contributed by atoms with E-state index in [-0.39, 0.29) is 66.9 Å². The van der Waals surface area contributed by atoms with E-state index in [1.165, 1.54) is 25.0 Å². The Hall–Kier alpha value is -16.4. The number of aliphatic hydroxyl groups is 1. The number of benzene rings is 8. The highest BCUT2D eigenvalue weighted by Crippen LogP contribution is 2.32. The van der Waals surface area contributed by atoms with E-state index in [0.29, 0.717) is 99.5 Å². The Morgan fingerprint density at radius 1 is 0.500 bits per heavy atom. The van der Waals surface area contributed by atoms with E-state index in [0.717, 1.165) is 82.4 Å². The normalized spacial score (nSPS) is 11.9. The van der Waals surface area contributed by atoms with Crippen LogP contribution in [-0.2, 0) is 14.4 Å². The van der Waals surface area contributed by atoms with Crippen molar-refractivity contribution in [1.82, 2.24) is 49.7 Å². The number of allylic oxidation sites excluding steroid dienone is 2. The summed E-state index contributed by atoms with van der Waals surface area (Å²) in [6.45, 7) is 21.9. The minimum absolute atomic E-state index is 0.00326. The second kappa shape index (κ2) is 49.6. The Labute approximate surface area is 766 Å². The molecule has 1 atom stereocenters. The molecule has 13 rings (SSSR count). The number of carbonyl (C=O) groups is 4. The lowest BCUT2D eigenvalue weighted by molar-refractivity contribution is -0.112. The molecule has 1 saturated heterocycles. The Balaban J connectivity index is 0.000000183. The first-order valence-corrected chi connectivity index (χ1v) is 41.7. The van der Waals surface area contributed by atoms with Crippen LogP contribution in [0.1, 0.15) is 62.0 Å². The molecule has 12 aromatic rings. The second-order valence-corrected chi connectivity index (χ2v) is 31.0. The van der Waals surface area contributed by atoms with Gasteiger partial charge in [0.15, 0.2) is 29.1 Å². The number of nitrogens with one attached hydrogen (secondary N) is 11. The van der Waals surface area contributed by atoms with Gasteiger partial charge in [0.2, 0.25) is 41.5 Å². The summed E-state index contributed by atoms with van der Waals surface area (Å²) in [7, 11) is 6.03. The molecule has 0 spiro atoms. The molecule has 4 aromatic heterocycles. The third kappa shape index (κ3) is 33.7.